The maximum absolute atomic E-state index is 13.7. The van der Waals surface area contributed by atoms with E-state index in [1.54, 1.807) is 38.4 Å². The standard InChI is InChI=1S/C45H55N9O11S2/c1-30-26-45(3,4)53(28-30)42-37(44(58)50-66(59,60)38-29-51(5)48-31(38)2)14-15-39(47-42)54-21-18-40(49-54)65-25-23-63-22-24-64-35-10-6-32(7-11-35)33-16-19-52(20-17-33)67(61,62)36-12-8-34(9-13-36)43(57)46-27-41(55)56/h6-15,18,21,29-30,33H,16-17,19-20,22-28H2,1-5H3,(H,46,57)(H,50,58)(H,55,56)/t30-/m0/s1. The van der Waals surface area contributed by atoms with Gasteiger partial charge in [0.05, 0.1) is 29.4 Å². The molecule has 22 heteroatoms. The van der Waals surface area contributed by atoms with Gasteiger partial charge in [0.2, 0.25) is 15.9 Å². The van der Waals surface area contributed by atoms with Gasteiger partial charge in [-0.05, 0) is 106 Å². The molecule has 2 saturated heterocycles. The van der Waals surface area contributed by atoms with Gasteiger partial charge in [0.25, 0.3) is 21.8 Å². The lowest BCUT2D eigenvalue weighted by atomic mass is 9.90. The highest BCUT2D eigenvalue weighted by Crippen LogP contribution is 2.38. The molecule has 0 saturated carbocycles. The molecule has 67 heavy (non-hydrogen) atoms. The molecule has 20 nitrogen and oxygen atoms in total. The molecule has 2 amide bonds. The van der Waals surface area contributed by atoms with Crippen LogP contribution in [0.2, 0.25) is 0 Å². The van der Waals surface area contributed by atoms with Gasteiger partial charge in [0.1, 0.15) is 36.2 Å². The second kappa shape index (κ2) is 20.2. The Kier molecular flexibility index (Phi) is 14.7. The number of amides is 2. The van der Waals surface area contributed by atoms with Crippen molar-refractivity contribution in [2.75, 3.05) is 57.5 Å². The van der Waals surface area contributed by atoms with Crippen LogP contribution in [-0.4, -0.2) is 127 Å². The number of benzene rings is 2. The number of carbonyl (C=O) groups is 3. The Bertz CT molecular complexity index is 2800. The number of rotatable bonds is 19. The number of aryl methyl sites for hydroxylation is 2. The van der Waals surface area contributed by atoms with Crippen LogP contribution in [0.5, 0.6) is 11.6 Å². The lowest BCUT2D eigenvalue weighted by Gasteiger charge is -2.34. The van der Waals surface area contributed by atoms with Gasteiger partial charge in [-0.2, -0.15) is 9.40 Å². The smallest absolute Gasteiger partial charge is 0.322 e. The Morgan fingerprint density at radius 1 is 0.866 bits per heavy atom. The summed E-state index contributed by atoms with van der Waals surface area (Å²) in [5.41, 5.74) is 1.27. The number of carboxylic acid groups (broad SMARTS) is 1. The van der Waals surface area contributed by atoms with Gasteiger partial charge in [-0.15, -0.1) is 5.10 Å². The predicted octanol–water partition coefficient (Wildman–Crippen LogP) is 3.91. The molecular weight excluding hydrogens is 907 g/mol. The minimum atomic E-state index is -4.21. The minimum Gasteiger partial charge on any atom is -0.491 e. The normalized spacial score (nSPS) is 16.7. The number of aromatic nitrogens is 5. The fourth-order valence-corrected chi connectivity index (χ4v) is 11.1. The third-order valence-electron chi connectivity index (χ3n) is 11.7. The zero-order chi connectivity index (χ0) is 48.1. The van der Waals surface area contributed by atoms with Crippen molar-refractivity contribution in [2.45, 2.75) is 68.2 Å². The Hall–Kier alpha value is -6.36. The number of hydrogen-bond donors (Lipinski definition) is 3. The summed E-state index contributed by atoms with van der Waals surface area (Å²) in [6, 6.07) is 18.0. The van der Waals surface area contributed by atoms with Crippen molar-refractivity contribution in [3.05, 3.63) is 102 Å². The second-order valence-corrected chi connectivity index (χ2v) is 20.8. The van der Waals surface area contributed by atoms with Gasteiger partial charge in [-0.1, -0.05) is 19.1 Å². The number of aliphatic carboxylic acids is 1. The fourth-order valence-electron chi connectivity index (χ4n) is 8.47. The van der Waals surface area contributed by atoms with Gasteiger partial charge >= 0.3 is 5.97 Å². The van der Waals surface area contributed by atoms with E-state index in [0.717, 1.165) is 12.0 Å². The Morgan fingerprint density at radius 3 is 2.18 bits per heavy atom. The number of ether oxygens (including phenoxy) is 3. The first-order valence-corrected chi connectivity index (χ1v) is 24.7. The third-order valence-corrected chi connectivity index (χ3v) is 15.0. The van der Waals surface area contributed by atoms with Gasteiger partial charge < -0.3 is 29.5 Å². The summed E-state index contributed by atoms with van der Waals surface area (Å²) in [7, 11) is -6.38. The lowest BCUT2D eigenvalue weighted by Crippen LogP contribution is -2.41. The molecule has 0 bridgehead atoms. The van der Waals surface area contributed by atoms with Gasteiger partial charge in [0, 0.05) is 56.2 Å². The molecule has 5 aromatic rings. The molecule has 7 rings (SSSR count). The van der Waals surface area contributed by atoms with Crippen molar-refractivity contribution >= 4 is 43.6 Å². The van der Waals surface area contributed by atoms with Crippen molar-refractivity contribution < 1.29 is 50.5 Å². The molecule has 0 aliphatic carbocycles. The van der Waals surface area contributed by atoms with E-state index < -0.39 is 44.4 Å². The van der Waals surface area contributed by atoms with Crippen LogP contribution >= 0.6 is 0 Å². The zero-order valence-corrected chi connectivity index (χ0v) is 39.5. The van der Waals surface area contributed by atoms with Crippen LogP contribution in [-0.2, 0) is 36.6 Å². The number of pyridine rings is 1. The average Bonchev–Trinajstić information content (AvgIpc) is 4.00. The van der Waals surface area contributed by atoms with E-state index >= 15 is 0 Å². The molecule has 3 N–H and O–H groups in total. The number of carbonyl (C=O) groups excluding carboxylic acids is 2. The number of nitrogens with zero attached hydrogens (tertiary/aromatic N) is 7. The van der Waals surface area contributed by atoms with Crippen LogP contribution in [0.15, 0.2) is 88.9 Å². The number of hydrogen-bond acceptors (Lipinski definition) is 14. The largest absolute Gasteiger partial charge is 0.491 e. The summed E-state index contributed by atoms with van der Waals surface area (Å²) in [6.07, 6.45) is 5.15. The van der Waals surface area contributed by atoms with Crippen LogP contribution < -0.4 is 24.4 Å². The minimum absolute atomic E-state index is 0.0661. The van der Waals surface area contributed by atoms with E-state index in [0.29, 0.717) is 74.9 Å². The van der Waals surface area contributed by atoms with Crippen molar-refractivity contribution in [1.29, 1.82) is 0 Å². The summed E-state index contributed by atoms with van der Waals surface area (Å²) < 4.78 is 77.0. The molecular formula is C45H55N9O11S2. The van der Waals surface area contributed by atoms with Gasteiger partial charge in [-0.25, -0.2) is 31.2 Å². The number of nitrogens with one attached hydrogen (secondary N) is 2. The summed E-state index contributed by atoms with van der Waals surface area (Å²) >= 11 is 0. The molecule has 2 aliphatic heterocycles. The van der Waals surface area contributed by atoms with Crippen molar-refractivity contribution in [3.8, 4) is 17.4 Å². The van der Waals surface area contributed by atoms with Crippen LogP contribution in [0.1, 0.15) is 77.9 Å². The zero-order valence-electron chi connectivity index (χ0n) is 37.9. The van der Waals surface area contributed by atoms with E-state index in [1.165, 1.54) is 44.1 Å². The molecule has 358 valence electrons. The Balaban J connectivity index is 0.852. The predicted molar refractivity (Wildman–Crippen MR) is 245 cm³/mol. The summed E-state index contributed by atoms with van der Waals surface area (Å²) in [6.45, 7) is 9.68. The third kappa shape index (κ3) is 11.6. The molecule has 2 aromatic carbocycles. The van der Waals surface area contributed by atoms with E-state index in [9.17, 15) is 31.2 Å². The van der Waals surface area contributed by atoms with Crippen molar-refractivity contribution in [1.82, 2.24) is 38.9 Å². The van der Waals surface area contributed by atoms with Crippen LogP contribution in [0.3, 0.4) is 0 Å². The van der Waals surface area contributed by atoms with E-state index in [2.05, 4.69) is 41.0 Å². The first-order chi connectivity index (χ1) is 31.8. The maximum atomic E-state index is 13.7. The van der Waals surface area contributed by atoms with Crippen LogP contribution in [0.25, 0.3) is 5.82 Å². The highest BCUT2D eigenvalue weighted by Gasteiger charge is 2.40. The van der Waals surface area contributed by atoms with Gasteiger partial charge in [-0.3, -0.25) is 19.1 Å². The average molecular weight is 962 g/mol. The summed E-state index contributed by atoms with van der Waals surface area (Å²) in [5.74, 6) is -0.349. The molecule has 2 fully saturated rings. The highest BCUT2D eigenvalue weighted by atomic mass is 32.2. The molecule has 0 spiro atoms. The van der Waals surface area contributed by atoms with E-state index in [4.69, 9.17) is 24.3 Å². The lowest BCUT2D eigenvalue weighted by molar-refractivity contribution is -0.135. The number of sulfonamides is 2. The van der Waals surface area contributed by atoms with Crippen LogP contribution in [0.4, 0.5) is 5.82 Å². The van der Waals surface area contributed by atoms with Crippen molar-refractivity contribution in [2.24, 2.45) is 13.0 Å². The topological polar surface area (TPSA) is 246 Å². The highest BCUT2D eigenvalue weighted by molar-refractivity contribution is 7.90. The maximum Gasteiger partial charge on any atom is 0.322 e. The molecule has 5 heterocycles. The van der Waals surface area contributed by atoms with Crippen molar-refractivity contribution in [3.63, 3.8) is 0 Å². The summed E-state index contributed by atoms with van der Waals surface area (Å²) in [4.78, 5) is 43.3. The molecule has 2 aliphatic rings. The molecule has 3 aromatic heterocycles. The molecule has 0 unspecified atom stereocenters. The Morgan fingerprint density at radius 2 is 1.55 bits per heavy atom. The number of carboxylic acids is 1. The van der Waals surface area contributed by atoms with Crippen LogP contribution in [0, 0.1) is 12.8 Å². The molecule has 0 radical (unpaired) electrons. The first kappa shape index (κ1) is 48.6. The second-order valence-electron chi connectivity index (χ2n) is 17.2. The van der Waals surface area contributed by atoms with Gasteiger partial charge in [0.15, 0.2) is 5.82 Å². The Labute approximate surface area is 389 Å². The summed E-state index contributed by atoms with van der Waals surface area (Å²) in [5, 5.41) is 19.6. The fraction of sp³-hybridized carbons (Fsp3) is 0.422. The quantitative estimate of drug-likeness (QED) is 0.0994. The number of anilines is 1. The monoisotopic (exact) mass is 961 g/mol. The molecule has 1 atom stereocenters. The number of piperidine rings is 1. The van der Waals surface area contributed by atoms with E-state index in [1.807, 2.05) is 29.2 Å². The first-order valence-electron chi connectivity index (χ1n) is 21.8. The SMILES string of the molecule is Cc1nn(C)cc1S(=O)(=O)NC(=O)c1ccc(-n2ccc(OCCOCCOc3ccc(C4CCN(S(=O)(=O)c5ccc(C(=O)NCC(=O)O)cc5)CC4)cc3)n2)nc1N1C[C@@H](C)CC1(C)C. The van der Waals surface area contributed by atoms with E-state index in [-0.39, 0.29) is 51.3 Å².